The van der Waals surface area contributed by atoms with Crippen molar-refractivity contribution in [1.29, 1.82) is 0 Å². The molecule has 0 N–H and O–H groups in total. The summed E-state index contributed by atoms with van der Waals surface area (Å²) >= 11 is 0. The van der Waals surface area contributed by atoms with Crippen LogP contribution in [0.2, 0.25) is 6.55 Å². The molecule has 0 saturated heterocycles. The molecule has 0 fully saturated rings. The summed E-state index contributed by atoms with van der Waals surface area (Å²) < 4.78 is 0. The minimum atomic E-state index is -3.10. The Kier molecular flexibility index (Phi) is 14.4. The lowest BCUT2D eigenvalue weighted by molar-refractivity contribution is 1.58. The van der Waals surface area contributed by atoms with Gasteiger partial charge in [0.05, 0.1) is 0 Å². The molecular formula is C77H60Si2. The normalized spacial score (nSPS) is 15.1. The Morgan fingerprint density at radius 3 is 0.722 bits per heavy atom. The average Bonchev–Trinajstić information content (AvgIpc) is 4.17. The van der Waals surface area contributed by atoms with Crippen molar-refractivity contribution in [3.05, 3.63) is 382 Å². The van der Waals surface area contributed by atoms with E-state index >= 15 is 0 Å². The SMILES string of the molecule is C=Cc1ccc(/C=C/[Si]2(/C=C/c3ccc(/C=C/[Si]4(C)C(c5ccccc5)=C(c5ccccc5)C(c5ccccc5)=C4c4ccccc4)cc3)C(c3ccccc3)=C(c3ccccc3)C(c3ccccc3)=C2c2ccccc2)cc1. The molecule has 2 heteroatoms. The molecule has 0 bridgehead atoms. The van der Waals surface area contributed by atoms with Gasteiger partial charge in [0.2, 0.25) is 0 Å². The Morgan fingerprint density at radius 1 is 0.241 bits per heavy atom. The Labute approximate surface area is 468 Å². The van der Waals surface area contributed by atoms with Crippen molar-refractivity contribution in [1.82, 2.24) is 0 Å². The molecule has 0 unspecified atom stereocenters. The first-order valence-electron chi connectivity index (χ1n) is 27.4. The third-order valence-electron chi connectivity index (χ3n) is 15.7. The number of hydrogen-bond acceptors (Lipinski definition) is 0. The Balaban J connectivity index is 1.04. The first kappa shape index (κ1) is 50.4. The summed E-state index contributed by atoms with van der Waals surface area (Å²) in [5, 5.41) is 5.60. The van der Waals surface area contributed by atoms with Crippen LogP contribution in [0.3, 0.4) is 0 Å². The van der Waals surface area contributed by atoms with Crippen LogP contribution in [-0.4, -0.2) is 16.1 Å². The second-order valence-corrected chi connectivity index (χ2v) is 27.7. The van der Waals surface area contributed by atoms with E-state index in [1.807, 2.05) is 6.08 Å². The van der Waals surface area contributed by atoms with E-state index in [9.17, 15) is 0 Å². The Bertz CT molecular complexity index is 3780. The fourth-order valence-electron chi connectivity index (χ4n) is 12.1. The lowest BCUT2D eigenvalue weighted by Crippen LogP contribution is -2.33. The van der Waals surface area contributed by atoms with Crippen LogP contribution >= 0.6 is 0 Å². The maximum Gasteiger partial charge on any atom is 0.167 e. The lowest BCUT2D eigenvalue weighted by Gasteiger charge is -2.29. The van der Waals surface area contributed by atoms with Crippen LogP contribution in [0.5, 0.6) is 0 Å². The monoisotopic (exact) mass is 1040 g/mol. The highest BCUT2D eigenvalue weighted by Crippen LogP contribution is 2.58. The average molecular weight is 1040 g/mol. The van der Waals surface area contributed by atoms with Crippen LogP contribution in [0.4, 0.5) is 0 Å². The van der Waals surface area contributed by atoms with Crippen LogP contribution in [-0.2, 0) is 0 Å². The van der Waals surface area contributed by atoms with Gasteiger partial charge >= 0.3 is 0 Å². The van der Waals surface area contributed by atoms with Crippen LogP contribution in [0.15, 0.2) is 315 Å². The summed E-state index contributed by atoms with van der Waals surface area (Å²) in [5.41, 5.74) is 27.5. The Morgan fingerprint density at radius 2 is 0.456 bits per heavy atom. The van der Waals surface area contributed by atoms with Gasteiger partial charge in [-0.1, -0.05) is 346 Å². The molecule has 10 aromatic carbocycles. The summed E-state index contributed by atoms with van der Waals surface area (Å²) in [7, 11) is -5.80. The zero-order valence-electron chi connectivity index (χ0n) is 44.5. The molecule has 2 aliphatic rings. The highest BCUT2D eigenvalue weighted by atomic mass is 28.3. The summed E-state index contributed by atoms with van der Waals surface area (Å²) in [6.07, 6.45) is 9.09. The lowest BCUT2D eigenvalue weighted by atomic mass is 9.89. The van der Waals surface area contributed by atoms with Crippen molar-refractivity contribution in [3.63, 3.8) is 0 Å². The molecular weight excluding hydrogens is 981 g/mol. The molecule has 0 amide bonds. The maximum atomic E-state index is 4.05. The number of allylic oxidation sites excluding steroid dienone is 4. The van der Waals surface area contributed by atoms with Crippen molar-refractivity contribution in [3.8, 4) is 0 Å². The van der Waals surface area contributed by atoms with E-state index < -0.39 is 16.1 Å². The molecule has 10 aromatic rings. The maximum absolute atomic E-state index is 4.05. The predicted octanol–water partition coefficient (Wildman–Crippen LogP) is 19.8. The molecule has 2 aliphatic heterocycles. The van der Waals surface area contributed by atoms with E-state index in [0.29, 0.717) is 0 Å². The number of hydrogen-bond donors (Lipinski definition) is 0. The fourth-order valence-corrected chi connectivity index (χ4v) is 20.9. The molecule has 79 heavy (non-hydrogen) atoms. The van der Waals surface area contributed by atoms with Crippen molar-refractivity contribution in [2.24, 2.45) is 0 Å². The van der Waals surface area contributed by atoms with Gasteiger partial charge in [-0.3, -0.25) is 0 Å². The van der Waals surface area contributed by atoms with Gasteiger partial charge in [-0.25, -0.2) is 0 Å². The van der Waals surface area contributed by atoms with E-state index in [-0.39, 0.29) is 0 Å². The molecule has 0 nitrogen and oxygen atoms in total. The molecule has 0 aromatic heterocycles. The van der Waals surface area contributed by atoms with Gasteiger partial charge in [0.25, 0.3) is 0 Å². The van der Waals surface area contributed by atoms with Gasteiger partial charge in [-0.05, 0) is 110 Å². The number of benzene rings is 10. The molecule has 0 saturated carbocycles. The highest BCUT2D eigenvalue weighted by molar-refractivity contribution is 7.21. The van der Waals surface area contributed by atoms with Crippen LogP contribution in [0, 0.1) is 0 Å². The highest BCUT2D eigenvalue weighted by Gasteiger charge is 2.48. The van der Waals surface area contributed by atoms with Gasteiger partial charge in [0.15, 0.2) is 8.07 Å². The first-order chi connectivity index (χ1) is 39.0. The van der Waals surface area contributed by atoms with Crippen molar-refractivity contribution < 1.29 is 0 Å². The number of rotatable bonds is 15. The molecule has 0 aliphatic carbocycles. The summed E-state index contributed by atoms with van der Waals surface area (Å²) in [6, 6.07) is 107. The quantitative estimate of drug-likeness (QED) is 0.0898. The van der Waals surface area contributed by atoms with Crippen LogP contribution in [0.25, 0.3) is 67.4 Å². The summed E-state index contributed by atoms with van der Waals surface area (Å²) in [6.45, 7) is 6.60. The predicted molar refractivity (Wildman–Crippen MR) is 346 cm³/mol. The van der Waals surface area contributed by atoms with E-state index in [1.54, 1.807) is 0 Å². The summed E-state index contributed by atoms with van der Waals surface area (Å²) in [4.78, 5) is 0. The smallest absolute Gasteiger partial charge is 0.0985 e. The van der Waals surface area contributed by atoms with Gasteiger partial charge in [-0.15, -0.1) is 0 Å². The minimum absolute atomic E-state index is 1.10. The molecule has 0 radical (unpaired) electrons. The zero-order valence-corrected chi connectivity index (χ0v) is 46.5. The fraction of sp³-hybridized carbons (Fsp3) is 0.0130. The van der Waals surface area contributed by atoms with E-state index in [2.05, 4.69) is 340 Å². The van der Waals surface area contributed by atoms with Crippen molar-refractivity contribution >= 4 is 83.5 Å². The van der Waals surface area contributed by atoms with E-state index in [1.165, 1.54) is 93.1 Å². The van der Waals surface area contributed by atoms with E-state index in [4.69, 9.17) is 0 Å². The van der Waals surface area contributed by atoms with Gasteiger partial charge in [-0.2, -0.15) is 0 Å². The molecule has 2 heterocycles. The third kappa shape index (κ3) is 9.97. The van der Waals surface area contributed by atoms with Crippen molar-refractivity contribution in [2.75, 3.05) is 0 Å². The van der Waals surface area contributed by atoms with Crippen molar-refractivity contribution in [2.45, 2.75) is 6.55 Å². The molecule has 376 valence electrons. The second kappa shape index (κ2) is 22.6. The van der Waals surface area contributed by atoms with E-state index in [0.717, 1.165) is 16.7 Å². The van der Waals surface area contributed by atoms with Crippen LogP contribution in [0.1, 0.15) is 66.8 Å². The van der Waals surface area contributed by atoms with Gasteiger partial charge in [0, 0.05) is 0 Å². The standard InChI is InChI=1S/C77H60Si2/c1-3-58-44-46-60(47-45-58)53-56-79(76(68-40-24-10-25-41-68)72(64-32-16-6-17-33-64)73(65-34-18-7-19-35-65)77(79)69-42-26-11-27-43-69)57-54-61-50-48-59(49-51-61)52-55-78(2)74(66-36-20-8-21-37-66)70(62-28-12-4-13-29-62)71(63-30-14-5-15-31-63)75(78)67-38-22-9-23-39-67/h3-57H,1H2,2H3/b55-52+,56-53+,57-54+. The van der Waals surface area contributed by atoms with Gasteiger partial charge < -0.3 is 0 Å². The second-order valence-electron chi connectivity index (χ2n) is 20.5. The molecule has 12 rings (SSSR count). The molecule has 0 atom stereocenters. The topological polar surface area (TPSA) is 0 Å². The largest absolute Gasteiger partial charge is 0.167 e. The van der Waals surface area contributed by atoms with Gasteiger partial charge in [0.1, 0.15) is 8.07 Å². The minimum Gasteiger partial charge on any atom is -0.0985 e. The molecule has 0 spiro atoms. The first-order valence-corrected chi connectivity index (χ1v) is 32.1. The van der Waals surface area contributed by atoms with Crippen LogP contribution < -0.4 is 0 Å². The Hall–Kier alpha value is -9.45. The third-order valence-corrected chi connectivity index (χ3v) is 23.8. The summed E-state index contributed by atoms with van der Waals surface area (Å²) in [5.74, 6) is 0. The zero-order chi connectivity index (χ0) is 53.4.